The van der Waals surface area contributed by atoms with Crippen molar-refractivity contribution in [1.29, 1.82) is 0 Å². The third-order valence-electron chi connectivity index (χ3n) is 3.40. The number of anilines is 2. The van der Waals surface area contributed by atoms with Gasteiger partial charge in [0.15, 0.2) is 0 Å². The maximum atomic E-state index is 4.47. The summed E-state index contributed by atoms with van der Waals surface area (Å²) < 4.78 is 0. The van der Waals surface area contributed by atoms with Gasteiger partial charge in [-0.2, -0.15) is 0 Å². The van der Waals surface area contributed by atoms with Crippen molar-refractivity contribution in [3.63, 3.8) is 0 Å². The summed E-state index contributed by atoms with van der Waals surface area (Å²) in [6.07, 6.45) is 4.79. The normalized spacial score (nSPS) is 13.4. The topological polar surface area (TPSA) is 41.1 Å². The van der Waals surface area contributed by atoms with E-state index in [1.54, 1.807) is 6.20 Å². The Hall–Kier alpha value is -2.10. The molecule has 0 fully saturated rings. The molecule has 3 rings (SSSR count). The van der Waals surface area contributed by atoms with Gasteiger partial charge in [-0.3, -0.25) is 4.98 Å². The van der Waals surface area contributed by atoms with E-state index >= 15 is 0 Å². The van der Waals surface area contributed by atoms with Crippen LogP contribution in [-0.4, -0.2) is 23.1 Å². The summed E-state index contributed by atoms with van der Waals surface area (Å²) >= 11 is 0. The third-order valence-corrected chi connectivity index (χ3v) is 3.40. The predicted octanol–water partition coefficient (Wildman–Crippen LogP) is 2.47. The standard InChI is InChI=1S/C15H18N4/c1-2-16-15-10-17-13(9-18-15)11-19-8-7-12-5-3-4-6-14(12)19/h3-6,9-10H,2,7-8,11H2,1H3,(H,16,18). The molecule has 0 unspecified atom stereocenters. The monoisotopic (exact) mass is 254 g/mol. The van der Waals surface area contributed by atoms with Crippen LogP contribution in [0.2, 0.25) is 0 Å². The first-order valence-electron chi connectivity index (χ1n) is 6.74. The maximum absolute atomic E-state index is 4.47. The van der Waals surface area contributed by atoms with Crippen molar-refractivity contribution in [2.24, 2.45) is 0 Å². The summed E-state index contributed by atoms with van der Waals surface area (Å²) in [5, 5.41) is 3.16. The van der Waals surface area contributed by atoms with Gasteiger partial charge in [-0.25, -0.2) is 4.98 Å². The van der Waals surface area contributed by atoms with Gasteiger partial charge >= 0.3 is 0 Å². The molecule has 2 aromatic rings. The van der Waals surface area contributed by atoms with Crippen LogP contribution in [0.25, 0.3) is 0 Å². The molecule has 1 aliphatic rings. The van der Waals surface area contributed by atoms with Gasteiger partial charge in [0.1, 0.15) is 5.82 Å². The van der Waals surface area contributed by atoms with E-state index < -0.39 is 0 Å². The molecular formula is C15H18N4. The lowest BCUT2D eigenvalue weighted by Gasteiger charge is -2.18. The van der Waals surface area contributed by atoms with Crippen LogP contribution in [0.5, 0.6) is 0 Å². The van der Waals surface area contributed by atoms with Gasteiger partial charge in [0.2, 0.25) is 0 Å². The van der Waals surface area contributed by atoms with E-state index in [4.69, 9.17) is 0 Å². The summed E-state index contributed by atoms with van der Waals surface area (Å²) in [7, 11) is 0. The molecule has 0 saturated heterocycles. The predicted molar refractivity (Wildman–Crippen MR) is 77.4 cm³/mol. The summed E-state index contributed by atoms with van der Waals surface area (Å²) in [4.78, 5) is 11.2. The Morgan fingerprint density at radius 1 is 1.21 bits per heavy atom. The second-order valence-corrected chi connectivity index (χ2v) is 4.72. The molecule has 0 radical (unpaired) electrons. The number of benzene rings is 1. The van der Waals surface area contributed by atoms with Crippen LogP contribution in [0.15, 0.2) is 36.7 Å². The van der Waals surface area contributed by atoms with E-state index in [0.717, 1.165) is 37.6 Å². The summed E-state index contributed by atoms with van der Waals surface area (Å²) in [6, 6.07) is 8.59. The molecule has 2 heterocycles. The van der Waals surface area contributed by atoms with Crippen molar-refractivity contribution >= 4 is 11.5 Å². The highest BCUT2D eigenvalue weighted by molar-refractivity contribution is 5.57. The minimum atomic E-state index is 0.830. The number of rotatable bonds is 4. The van der Waals surface area contributed by atoms with Gasteiger partial charge in [-0.15, -0.1) is 0 Å². The Balaban J connectivity index is 1.72. The van der Waals surface area contributed by atoms with Crippen molar-refractivity contribution in [2.75, 3.05) is 23.3 Å². The average molecular weight is 254 g/mol. The Labute approximate surface area is 113 Å². The Morgan fingerprint density at radius 3 is 2.89 bits per heavy atom. The van der Waals surface area contributed by atoms with Crippen LogP contribution in [0, 0.1) is 0 Å². The molecule has 19 heavy (non-hydrogen) atoms. The van der Waals surface area contributed by atoms with Crippen molar-refractivity contribution < 1.29 is 0 Å². The fourth-order valence-electron chi connectivity index (χ4n) is 2.48. The lowest BCUT2D eigenvalue weighted by molar-refractivity contribution is 0.808. The lowest BCUT2D eigenvalue weighted by atomic mass is 10.2. The first kappa shape index (κ1) is 12.0. The van der Waals surface area contributed by atoms with Gasteiger partial charge in [0, 0.05) is 18.8 Å². The minimum Gasteiger partial charge on any atom is -0.369 e. The van der Waals surface area contributed by atoms with E-state index in [9.17, 15) is 0 Å². The summed E-state index contributed by atoms with van der Waals surface area (Å²) in [5.74, 6) is 0.841. The quantitative estimate of drug-likeness (QED) is 0.910. The first-order chi connectivity index (χ1) is 9.36. The molecule has 0 amide bonds. The lowest BCUT2D eigenvalue weighted by Crippen LogP contribution is -2.20. The molecule has 4 nitrogen and oxygen atoms in total. The van der Waals surface area contributed by atoms with Gasteiger partial charge in [0.25, 0.3) is 0 Å². The highest BCUT2D eigenvalue weighted by atomic mass is 15.2. The van der Waals surface area contributed by atoms with E-state index in [1.807, 2.05) is 6.20 Å². The second-order valence-electron chi connectivity index (χ2n) is 4.72. The zero-order valence-electron chi connectivity index (χ0n) is 11.1. The largest absolute Gasteiger partial charge is 0.369 e. The number of nitrogens with one attached hydrogen (secondary N) is 1. The van der Waals surface area contributed by atoms with Gasteiger partial charge in [-0.1, -0.05) is 18.2 Å². The molecule has 4 heteroatoms. The van der Waals surface area contributed by atoms with Crippen LogP contribution in [0.1, 0.15) is 18.2 Å². The SMILES string of the molecule is CCNc1cnc(CN2CCc3ccccc32)cn1. The minimum absolute atomic E-state index is 0.830. The van der Waals surface area contributed by atoms with Crippen molar-refractivity contribution in [3.8, 4) is 0 Å². The smallest absolute Gasteiger partial charge is 0.144 e. The number of aromatic nitrogens is 2. The number of para-hydroxylation sites is 1. The van der Waals surface area contributed by atoms with Gasteiger partial charge in [0.05, 0.1) is 24.6 Å². The number of nitrogens with zero attached hydrogens (tertiary/aromatic N) is 3. The molecule has 1 aliphatic heterocycles. The molecule has 98 valence electrons. The van der Waals surface area contributed by atoms with E-state index in [1.165, 1.54) is 11.3 Å². The molecule has 0 bridgehead atoms. The van der Waals surface area contributed by atoms with Crippen LogP contribution < -0.4 is 10.2 Å². The molecule has 0 saturated carbocycles. The molecule has 1 N–H and O–H groups in total. The molecule has 1 aromatic carbocycles. The maximum Gasteiger partial charge on any atom is 0.144 e. The fourth-order valence-corrected chi connectivity index (χ4v) is 2.48. The van der Waals surface area contributed by atoms with Crippen LogP contribution in [0.4, 0.5) is 11.5 Å². The number of hydrogen-bond donors (Lipinski definition) is 1. The van der Waals surface area contributed by atoms with Crippen LogP contribution >= 0.6 is 0 Å². The number of fused-ring (bicyclic) bond motifs is 1. The average Bonchev–Trinajstić information content (AvgIpc) is 2.85. The van der Waals surface area contributed by atoms with E-state index in [2.05, 4.69) is 51.4 Å². The first-order valence-corrected chi connectivity index (χ1v) is 6.74. The Morgan fingerprint density at radius 2 is 2.11 bits per heavy atom. The van der Waals surface area contributed by atoms with Crippen LogP contribution in [-0.2, 0) is 13.0 Å². The van der Waals surface area contributed by atoms with Crippen molar-refractivity contribution in [3.05, 3.63) is 47.9 Å². The summed E-state index contributed by atoms with van der Waals surface area (Å²) in [5.41, 5.74) is 3.78. The molecular weight excluding hydrogens is 236 g/mol. The van der Waals surface area contributed by atoms with E-state index in [0.29, 0.717) is 0 Å². The zero-order chi connectivity index (χ0) is 13.1. The van der Waals surface area contributed by atoms with Crippen molar-refractivity contribution in [2.45, 2.75) is 19.9 Å². The summed E-state index contributed by atoms with van der Waals surface area (Å²) in [6.45, 7) is 4.82. The zero-order valence-corrected chi connectivity index (χ0v) is 11.1. The highest BCUT2D eigenvalue weighted by Gasteiger charge is 2.18. The van der Waals surface area contributed by atoms with Crippen molar-refractivity contribution in [1.82, 2.24) is 9.97 Å². The fraction of sp³-hybridized carbons (Fsp3) is 0.333. The molecule has 0 spiro atoms. The van der Waals surface area contributed by atoms with Crippen LogP contribution in [0.3, 0.4) is 0 Å². The number of hydrogen-bond acceptors (Lipinski definition) is 4. The third kappa shape index (κ3) is 2.52. The molecule has 1 aromatic heterocycles. The van der Waals surface area contributed by atoms with Gasteiger partial charge < -0.3 is 10.2 Å². The molecule has 0 aliphatic carbocycles. The Bertz CT molecular complexity index is 550. The van der Waals surface area contributed by atoms with Gasteiger partial charge in [-0.05, 0) is 25.0 Å². The highest BCUT2D eigenvalue weighted by Crippen LogP contribution is 2.28. The van der Waals surface area contributed by atoms with E-state index in [-0.39, 0.29) is 0 Å². The molecule has 0 atom stereocenters. The Kier molecular flexibility index (Phi) is 3.31. The second kappa shape index (κ2) is 5.26.